The van der Waals surface area contributed by atoms with E-state index in [0.29, 0.717) is 0 Å². The number of hydrogen-bond donors (Lipinski definition) is 2. The van der Waals surface area contributed by atoms with E-state index >= 15 is 0 Å². The quantitative estimate of drug-likeness (QED) is 0.875. The predicted octanol–water partition coefficient (Wildman–Crippen LogP) is 2.47. The molecule has 1 amide bonds. The Morgan fingerprint density at radius 3 is 2.57 bits per heavy atom. The second kappa shape index (κ2) is 7.05. The van der Waals surface area contributed by atoms with Crippen LogP contribution in [0, 0.1) is 5.41 Å². The fourth-order valence-corrected chi connectivity index (χ4v) is 3.02. The number of benzene rings is 1. The van der Waals surface area contributed by atoms with Crippen molar-refractivity contribution in [2.45, 2.75) is 32.7 Å². The molecule has 0 atom stereocenters. The monoisotopic (exact) mass is 289 g/mol. The van der Waals surface area contributed by atoms with Gasteiger partial charge in [-0.25, -0.2) is 0 Å². The predicted molar refractivity (Wildman–Crippen MR) is 87.3 cm³/mol. The average molecular weight is 289 g/mol. The lowest BCUT2D eigenvalue weighted by molar-refractivity contribution is -0.127. The van der Waals surface area contributed by atoms with E-state index in [0.717, 1.165) is 50.1 Å². The van der Waals surface area contributed by atoms with Crippen LogP contribution < -0.4 is 10.6 Å². The van der Waals surface area contributed by atoms with Crippen molar-refractivity contribution in [2.75, 3.05) is 32.5 Å². The van der Waals surface area contributed by atoms with Crippen LogP contribution in [-0.2, 0) is 11.3 Å². The lowest BCUT2D eigenvalue weighted by atomic mass is 9.76. The fourth-order valence-electron chi connectivity index (χ4n) is 3.02. The number of nitrogens with zero attached hydrogens (tertiary/aromatic N) is 1. The maximum Gasteiger partial charge on any atom is 0.230 e. The van der Waals surface area contributed by atoms with Crippen molar-refractivity contribution in [3.8, 4) is 0 Å². The summed E-state index contributed by atoms with van der Waals surface area (Å²) in [6.45, 7) is 4.81. The molecule has 0 spiro atoms. The highest BCUT2D eigenvalue weighted by atomic mass is 16.2. The van der Waals surface area contributed by atoms with E-state index in [4.69, 9.17) is 0 Å². The zero-order chi connectivity index (χ0) is 15.3. The Morgan fingerprint density at radius 1 is 1.29 bits per heavy atom. The molecule has 1 aliphatic rings. The Bertz CT molecular complexity index is 479. The van der Waals surface area contributed by atoms with Gasteiger partial charge in [0.2, 0.25) is 5.91 Å². The molecule has 4 heteroatoms. The first-order valence-corrected chi connectivity index (χ1v) is 7.82. The fraction of sp³-hybridized carbons (Fsp3) is 0.588. The molecule has 1 heterocycles. The van der Waals surface area contributed by atoms with Crippen LogP contribution in [0.15, 0.2) is 24.3 Å². The lowest BCUT2D eigenvalue weighted by Gasteiger charge is -2.35. The van der Waals surface area contributed by atoms with E-state index in [9.17, 15) is 4.79 Å². The maximum atomic E-state index is 12.8. The van der Waals surface area contributed by atoms with E-state index in [1.165, 1.54) is 0 Å². The molecule has 1 aliphatic heterocycles. The largest absolute Gasteiger partial charge is 0.325 e. The second-order valence-electron chi connectivity index (χ2n) is 6.23. The third kappa shape index (κ3) is 3.83. The number of hydrogen-bond acceptors (Lipinski definition) is 3. The minimum Gasteiger partial charge on any atom is -0.325 e. The van der Waals surface area contributed by atoms with Crippen LogP contribution in [-0.4, -0.2) is 38.0 Å². The van der Waals surface area contributed by atoms with Crippen molar-refractivity contribution in [3.63, 3.8) is 0 Å². The Kier molecular flexibility index (Phi) is 5.37. The zero-order valence-corrected chi connectivity index (χ0v) is 13.4. The molecule has 1 aromatic carbocycles. The number of para-hydroxylation sites is 1. The molecule has 2 rings (SSSR count). The third-order valence-corrected chi connectivity index (χ3v) is 4.47. The maximum absolute atomic E-state index is 12.8. The number of anilines is 1. The molecule has 1 saturated heterocycles. The molecule has 1 aromatic rings. The molecule has 0 bridgehead atoms. The van der Waals surface area contributed by atoms with Crippen molar-refractivity contribution in [2.24, 2.45) is 5.41 Å². The number of amides is 1. The molecule has 0 saturated carbocycles. The van der Waals surface area contributed by atoms with Gasteiger partial charge in [0.05, 0.1) is 5.41 Å². The molecule has 0 aliphatic carbocycles. The van der Waals surface area contributed by atoms with Gasteiger partial charge in [-0.1, -0.05) is 25.1 Å². The highest BCUT2D eigenvalue weighted by molar-refractivity contribution is 5.96. The molecule has 0 unspecified atom stereocenters. The summed E-state index contributed by atoms with van der Waals surface area (Å²) in [5, 5.41) is 6.53. The van der Waals surface area contributed by atoms with Crippen molar-refractivity contribution >= 4 is 11.6 Å². The molecule has 116 valence electrons. The van der Waals surface area contributed by atoms with Crippen molar-refractivity contribution < 1.29 is 4.79 Å². The molecular weight excluding hydrogens is 262 g/mol. The van der Waals surface area contributed by atoms with Crippen LogP contribution >= 0.6 is 0 Å². The van der Waals surface area contributed by atoms with Gasteiger partial charge in [-0.05, 0) is 58.1 Å². The highest BCUT2D eigenvalue weighted by Gasteiger charge is 2.37. The molecule has 21 heavy (non-hydrogen) atoms. The smallest absolute Gasteiger partial charge is 0.230 e. The van der Waals surface area contributed by atoms with Crippen LogP contribution in [0.4, 0.5) is 5.69 Å². The lowest BCUT2D eigenvalue weighted by Crippen LogP contribution is -2.44. The summed E-state index contributed by atoms with van der Waals surface area (Å²) in [6.07, 6.45) is 2.74. The summed E-state index contributed by atoms with van der Waals surface area (Å²) >= 11 is 0. The van der Waals surface area contributed by atoms with E-state index in [1.807, 2.05) is 32.3 Å². The summed E-state index contributed by atoms with van der Waals surface area (Å²) in [6, 6.07) is 8.09. The van der Waals surface area contributed by atoms with Crippen molar-refractivity contribution in [1.82, 2.24) is 10.2 Å². The normalized spacial score (nSPS) is 17.7. The number of carbonyl (C=O) groups excluding carboxylic acids is 1. The van der Waals surface area contributed by atoms with Gasteiger partial charge in [0.25, 0.3) is 0 Å². The number of piperidine rings is 1. The zero-order valence-electron chi connectivity index (χ0n) is 13.4. The molecular formula is C17H27N3O. The van der Waals surface area contributed by atoms with Gasteiger partial charge in [-0.2, -0.15) is 0 Å². The average Bonchev–Trinajstić information content (AvgIpc) is 2.49. The molecule has 0 aromatic heterocycles. The van der Waals surface area contributed by atoms with Crippen LogP contribution in [0.1, 0.15) is 31.7 Å². The summed E-state index contributed by atoms with van der Waals surface area (Å²) in [5.74, 6) is 0.178. The van der Waals surface area contributed by atoms with Gasteiger partial charge < -0.3 is 15.5 Å². The van der Waals surface area contributed by atoms with Crippen LogP contribution in [0.25, 0.3) is 0 Å². The summed E-state index contributed by atoms with van der Waals surface area (Å²) in [4.78, 5) is 14.9. The number of rotatable bonds is 5. The Balaban J connectivity index is 2.15. The van der Waals surface area contributed by atoms with Gasteiger partial charge in [0, 0.05) is 12.2 Å². The highest BCUT2D eigenvalue weighted by Crippen LogP contribution is 2.34. The molecule has 0 radical (unpaired) electrons. The molecule has 2 N–H and O–H groups in total. The molecule has 1 fully saturated rings. The first-order chi connectivity index (χ1) is 10.1. The minimum absolute atomic E-state index is 0.178. The van der Waals surface area contributed by atoms with Crippen LogP contribution in [0.3, 0.4) is 0 Å². The first kappa shape index (κ1) is 16.0. The van der Waals surface area contributed by atoms with E-state index in [2.05, 4.69) is 28.5 Å². The topological polar surface area (TPSA) is 44.4 Å². The Hall–Kier alpha value is -1.39. The van der Waals surface area contributed by atoms with Gasteiger partial charge in [-0.3, -0.25) is 4.79 Å². The summed E-state index contributed by atoms with van der Waals surface area (Å²) in [5.41, 5.74) is 1.90. The van der Waals surface area contributed by atoms with E-state index in [1.54, 1.807) is 0 Å². The summed E-state index contributed by atoms with van der Waals surface area (Å²) in [7, 11) is 4.08. The SMILES string of the molecule is CCC1(C(=O)Nc2ccccc2CN(C)C)CCNCC1. The number of carbonyl (C=O) groups is 1. The van der Waals surface area contributed by atoms with Gasteiger partial charge in [0.15, 0.2) is 0 Å². The van der Waals surface area contributed by atoms with Crippen LogP contribution in [0.5, 0.6) is 0 Å². The molecule has 4 nitrogen and oxygen atoms in total. The van der Waals surface area contributed by atoms with E-state index in [-0.39, 0.29) is 11.3 Å². The second-order valence-corrected chi connectivity index (χ2v) is 6.23. The first-order valence-electron chi connectivity index (χ1n) is 7.82. The standard InChI is InChI=1S/C17H27N3O/c1-4-17(9-11-18-12-10-17)16(21)19-15-8-6-5-7-14(15)13-20(2)3/h5-8,18H,4,9-13H2,1-3H3,(H,19,21). The summed E-state index contributed by atoms with van der Waals surface area (Å²) < 4.78 is 0. The van der Waals surface area contributed by atoms with Gasteiger partial charge >= 0.3 is 0 Å². The third-order valence-electron chi connectivity index (χ3n) is 4.47. The van der Waals surface area contributed by atoms with Crippen LogP contribution in [0.2, 0.25) is 0 Å². The van der Waals surface area contributed by atoms with Gasteiger partial charge in [-0.15, -0.1) is 0 Å². The minimum atomic E-state index is -0.212. The van der Waals surface area contributed by atoms with Crippen molar-refractivity contribution in [1.29, 1.82) is 0 Å². The van der Waals surface area contributed by atoms with E-state index < -0.39 is 0 Å². The van der Waals surface area contributed by atoms with Crippen molar-refractivity contribution in [3.05, 3.63) is 29.8 Å². The Labute approximate surface area is 127 Å². The van der Waals surface area contributed by atoms with Gasteiger partial charge in [0.1, 0.15) is 0 Å². The Morgan fingerprint density at radius 2 is 1.95 bits per heavy atom. The number of nitrogens with one attached hydrogen (secondary N) is 2.